The van der Waals surface area contributed by atoms with Gasteiger partial charge in [-0.3, -0.25) is 16.1 Å². The molecule has 0 amide bonds. The molecule has 0 unspecified atom stereocenters. The molecule has 0 saturated heterocycles. The summed E-state index contributed by atoms with van der Waals surface area (Å²) in [6.07, 6.45) is 3.05. The number of carboxylic acid groups (broad SMARTS) is 1. The van der Waals surface area contributed by atoms with Crippen molar-refractivity contribution in [1.82, 2.24) is 5.32 Å². The molecule has 8 N–H and O–H groups in total. The van der Waals surface area contributed by atoms with Gasteiger partial charge in [-0.1, -0.05) is 26.2 Å². The minimum absolute atomic E-state index is 0.312. The van der Waals surface area contributed by atoms with E-state index in [1.807, 2.05) is 5.32 Å². The van der Waals surface area contributed by atoms with Gasteiger partial charge in [0.05, 0.1) is 6.61 Å². The second kappa shape index (κ2) is 12.1. The zero-order chi connectivity index (χ0) is 13.7. The fourth-order valence-electron chi connectivity index (χ4n) is 0.833. The number of rotatable bonds is 5. The Morgan fingerprint density at radius 2 is 1.76 bits per heavy atom. The van der Waals surface area contributed by atoms with Gasteiger partial charge >= 0.3 is 6.16 Å². The molecule has 8 nitrogen and oxygen atoms in total. The molecule has 0 rings (SSSR count). The summed E-state index contributed by atoms with van der Waals surface area (Å²) in [7, 11) is 0. The molecule has 0 aliphatic rings. The molecule has 100 valence electrons. The van der Waals surface area contributed by atoms with E-state index < -0.39 is 6.16 Å². The maximum Gasteiger partial charge on any atom is 0.505 e. The second-order valence-corrected chi connectivity index (χ2v) is 3.13. The third kappa shape index (κ3) is 24.9. The van der Waals surface area contributed by atoms with E-state index in [9.17, 15) is 4.79 Å². The summed E-state index contributed by atoms with van der Waals surface area (Å²) < 4.78 is 4.31. The van der Waals surface area contributed by atoms with Crippen LogP contribution in [0.2, 0.25) is 0 Å². The Kier molecular flexibility index (Phi) is 12.4. The lowest BCUT2D eigenvalue weighted by atomic mass is 10.2. The predicted molar refractivity (Wildman–Crippen MR) is 65.1 cm³/mol. The SMILES string of the molecule is CCCCCCOC(=O)O.N=C(N)NC(=N)N. The summed E-state index contributed by atoms with van der Waals surface area (Å²) in [5.74, 6) is -0.625. The standard InChI is InChI=1S/C7H14O3.C2H7N5/c1-2-3-4-5-6-10-7(8)9;3-1(4)7-2(5)6/h2-6H2,1H3,(H,8,9);(H7,3,4,5,6,7). The molecule has 0 spiro atoms. The number of nitrogens with one attached hydrogen (secondary N) is 3. The Morgan fingerprint density at radius 1 is 1.24 bits per heavy atom. The van der Waals surface area contributed by atoms with E-state index in [0.29, 0.717) is 6.61 Å². The van der Waals surface area contributed by atoms with Crippen LogP contribution in [0.4, 0.5) is 4.79 Å². The van der Waals surface area contributed by atoms with Crippen LogP contribution in [-0.4, -0.2) is 29.8 Å². The van der Waals surface area contributed by atoms with Crippen molar-refractivity contribution in [2.45, 2.75) is 32.6 Å². The summed E-state index contributed by atoms with van der Waals surface area (Å²) in [5.41, 5.74) is 9.49. The predicted octanol–water partition coefficient (Wildman–Crippen LogP) is 0.624. The number of unbranched alkanes of at least 4 members (excludes halogenated alkanes) is 3. The molecule has 0 aliphatic carbocycles. The fraction of sp³-hybridized carbons (Fsp3) is 0.667. The minimum Gasteiger partial charge on any atom is -0.450 e. The van der Waals surface area contributed by atoms with Gasteiger partial charge < -0.3 is 21.3 Å². The maximum absolute atomic E-state index is 9.81. The quantitative estimate of drug-likeness (QED) is 0.181. The molecule has 0 saturated carbocycles. The molecule has 17 heavy (non-hydrogen) atoms. The largest absolute Gasteiger partial charge is 0.505 e. The van der Waals surface area contributed by atoms with Gasteiger partial charge in [0.2, 0.25) is 0 Å². The van der Waals surface area contributed by atoms with E-state index >= 15 is 0 Å². The van der Waals surface area contributed by atoms with Crippen molar-refractivity contribution in [3.05, 3.63) is 0 Å². The average Bonchev–Trinajstić information content (AvgIpc) is 2.15. The topological polar surface area (TPSA) is 158 Å². The first-order chi connectivity index (χ1) is 7.90. The van der Waals surface area contributed by atoms with E-state index in [-0.39, 0.29) is 11.9 Å². The highest BCUT2D eigenvalue weighted by molar-refractivity contribution is 5.93. The first-order valence-electron chi connectivity index (χ1n) is 5.20. The van der Waals surface area contributed by atoms with Crippen molar-refractivity contribution in [3.63, 3.8) is 0 Å². The lowest BCUT2D eigenvalue weighted by molar-refractivity contribution is 0.0900. The van der Waals surface area contributed by atoms with E-state index in [4.69, 9.17) is 27.4 Å². The monoisotopic (exact) mass is 247 g/mol. The Morgan fingerprint density at radius 3 is 2.06 bits per heavy atom. The number of guanidine groups is 2. The zero-order valence-corrected chi connectivity index (χ0v) is 9.95. The second-order valence-electron chi connectivity index (χ2n) is 3.13. The van der Waals surface area contributed by atoms with Crippen LogP contribution in [0.25, 0.3) is 0 Å². The van der Waals surface area contributed by atoms with Crippen molar-refractivity contribution in [3.8, 4) is 0 Å². The van der Waals surface area contributed by atoms with E-state index in [1.165, 1.54) is 0 Å². The van der Waals surface area contributed by atoms with Crippen LogP contribution in [0.3, 0.4) is 0 Å². The normalized spacial score (nSPS) is 8.53. The maximum atomic E-state index is 9.81. The van der Waals surface area contributed by atoms with E-state index in [0.717, 1.165) is 25.7 Å². The molecule has 0 atom stereocenters. The highest BCUT2D eigenvalue weighted by Crippen LogP contribution is 1.98. The van der Waals surface area contributed by atoms with Gasteiger partial charge in [-0.05, 0) is 6.42 Å². The van der Waals surface area contributed by atoms with Crippen molar-refractivity contribution in [2.24, 2.45) is 11.5 Å². The lowest BCUT2D eigenvalue weighted by Crippen LogP contribution is -2.39. The summed E-state index contributed by atoms with van der Waals surface area (Å²) in [4.78, 5) is 9.81. The molecule has 8 heteroatoms. The molecule has 0 bridgehead atoms. The average molecular weight is 247 g/mol. The Balaban J connectivity index is 0. The van der Waals surface area contributed by atoms with Gasteiger partial charge in [0.15, 0.2) is 11.9 Å². The fourth-order valence-corrected chi connectivity index (χ4v) is 0.833. The Bertz CT molecular complexity index is 233. The molecule has 0 aliphatic heterocycles. The van der Waals surface area contributed by atoms with Gasteiger partial charge in [-0.15, -0.1) is 0 Å². The number of ether oxygens (including phenoxy) is 1. The third-order valence-corrected chi connectivity index (χ3v) is 1.49. The number of carbonyl (C=O) groups is 1. The van der Waals surface area contributed by atoms with Gasteiger partial charge in [0.25, 0.3) is 0 Å². The molecular weight excluding hydrogens is 226 g/mol. The number of nitrogens with two attached hydrogens (primary N) is 2. The minimum atomic E-state index is -1.17. The highest BCUT2D eigenvalue weighted by atomic mass is 16.7. The summed E-state index contributed by atoms with van der Waals surface area (Å²) in [6.45, 7) is 2.45. The molecular formula is C9H21N5O3. The lowest BCUT2D eigenvalue weighted by Gasteiger charge is -1.98. The van der Waals surface area contributed by atoms with E-state index in [2.05, 4.69) is 11.7 Å². The van der Waals surface area contributed by atoms with Gasteiger partial charge in [-0.2, -0.15) is 0 Å². The third-order valence-electron chi connectivity index (χ3n) is 1.49. The van der Waals surface area contributed by atoms with Crippen LogP contribution in [-0.2, 0) is 4.74 Å². The first kappa shape index (κ1) is 17.4. The van der Waals surface area contributed by atoms with E-state index in [1.54, 1.807) is 0 Å². The van der Waals surface area contributed by atoms with Crippen molar-refractivity contribution < 1.29 is 14.6 Å². The highest BCUT2D eigenvalue weighted by Gasteiger charge is 1.93. The number of hydrogen-bond acceptors (Lipinski definition) is 4. The van der Waals surface area contributed by atoms with Crippen LogP contribution < -0.4 is 16.8 Å². The summed E-state index contributed by atoms with van der Waals surface area (Å²) in [6, 6.07) is 0. The van der Waals surface area contributed by atoms with Crippen molar-refractivity contribution in [1.29, 1.82) is 10.8 Å². The summed E-state index contributed by atoms with van der Waals surface area (Å²) in [5, 5.41) is 23.0. The molecule has 0 heterocycles. The van der Waals surface area contributed by atoms with Gasteiger partial charge in [-0.25, -0.2) is 4.79 Å². The van der Waals surface area contributed by atoms with Gasteiger partial charge in [0, 0.05) is 0 Å². The van der Waals surface area contributed by atoms with Gasteiger partial charge in [0.1, 0.15) is 0 Å². The molecule has 0 radical (unpaired) electrons. The Labute approximate surface area is 100 Å². The molecule has 0 fully saturated rings. The number of hydrogen-bond donors (Lipinski definition) is 6. The van der Waals surface area contributed by atoms with Crippen LogP contribution >= 0.6 is 0 Å². The first-order valence-corrected chi connectivity index (χ1v) is 5.20. The van der Waals surface area contributed by atoms with Crippen LogP contribution in [0, 0.1) is 10.8 Å². The smallest absolute Gasteiger partial charge is 0.450 e. The molecule has 0 aromatic rings. The van der Waals surface area contributed by atoms with Crippen LogP contribution in [0.15, 0.2) is 0 Å². The molecule has 0 aromatic carbocycles. The van der Waals surface area contributed by atoms with Crippen LogP contribution in [0.5, 0.6) is 0 Å². The van der Waals surface area contributed by atoms with Crippen molar-refractivity contribution in [2.75, 3.05) is 6.61 Å². The van der Waals surface area contributed by atoms with Crippen LogP contribution in [0.1, 0.15) is 32.6 Å². The summed E-state index contributed by atoms with van der Waals surface area (Å²) >= 11 is 0. The molecule has 0 aromatic heterocycles. The zero-order valence-electron chi connectivity index (χ0n) is 9.95. The Hall–Kier alpha value is -1.99. The van der Waals surface area contributed by atoms with Crippen molar-refractivity contribution >= 4 is 18.1 Å².